The quantitative estimate of drug-likeness (QED) is 0.505. The van der Waals surface area contributed by atoms with E-state index >= 15 is 0 Å². The number of thiocarbonyl (C=S) groups is 1. The maximum absolute atomic E-state index is 5.99. The molecule has 0 bridgehead atoms. The number of nitrogens with one attached hydrogen (secondary N) is 2. The molecule has 1 saturated carbocycles. The summed E-state index contributed by atoms with van der Waals surface area (Å²) in [4.78, 5) is 2.25. The van der Waals surface area contributed by atoms with Crippen LogP contribution in [0.3, 0.4) is 0 Å². The third-order valence-electron chi connectivity index (χ3n) is 4.87. The predicted octanol–water partition coefficient (Wildman–Crippen LogP) is 4.82. The minimum Gasteiger partial charge on any atom is -0.490 e. The van der Waals surface area contributed by atoms with Crippen LogP contribution in [0.25, 0.3) is 0 Å². The van der Waals surface area contributed by atoms with Crippen LogP contribution in [-0.2, 0) is 0 Å². The lowest BCUT2D eigenvalue weighted by Gasteiger charge is -2.19. The van der Waals surface area contributed by atoms with E-state index in [9.17, 15) is 0 Å². The van der Waals surface area contributed by atoms with Crippen LogP contribution in [0.1, 0.15) is 32.1 Å². The topological polar surface area (TPSA) is 36.5 Å². The van der Waals surface area contributed by atoms with Crippen LogP contribution in [0.2, 0.25) is 0 Å². The van der Waals surface area contributed by atoms with Crippen molar-refractivity contribution in [2.75, 3.05) is 30.4 Å². The van der Waals surface area contributed by atoms with Crippen molar-refractivity contribution in [2.45, 2.75) is 38.2 Å². The van der Waals surface area contributed by atoms with Crippen LogP contribution in [0, 0.1) is 0 Å². The van der Waals surface area contributed by atoms with Gasteiger partial charge < -0.3 is 20.3 Å². The maximum Gasteiger partial charge on any atom is 0.170 e. The lowest BCUT2D eigenvalue weighted by molar-refractivity contribution is 0.210. The van der Waals surface area contributed by atoms with Gasteiger partial charge in [-0.2, -0.15) is 0 Å². The largest absolute Gasteiger partial charge is 0.490 e. The Kier molecular flexibility index (Phi) is 7.34. The lowest BCUT2D eigenvalue weighted by Crippen LogP contribution is -2.31. The summed E-state index contributed by atoms with van der Waals surface area (Å²) in [5, 5.41) is 7.16. The minimum absolute atomic E-state index is 0.389. The van der Waals surface area contributed by atoms with Gasteiger partial charge in [0.1, 0.15) is 5.75 Å². The molecule has 4 nitrogen and oxygen atoms in total. The normalized spacial score (nSPS) is 14.0. The van der Waals surface area contributed by atoms with Gasteiger partial charge in [0.2, 0.25) is 0 Å². The van der Waals surface area contributed by atoms with Crippen molar-refractivity contribution in [3.8, 4) is 5.75 Å². The zero-order chi connectivity index (χ0) is 18.9. The van der Waals surface area contributed by atoms with E-state index in [1.165, 1.54) is 31.4 Å². The highest BCUT2D eigenvalue weighted by Gasteiger charge is 2.16. The van der Waals surface area contributed by atoms with Crippen LogP contribution >= 0.6 is 12.2 Å². The van der Waals surface area contributed by atoms with Crippen LogP contribution in [0.15, 0.2) is 54.6 Å². The van der Waals surface area contributed by atoms with Gasteiger partial charge in [-0.3, -0.25) is 0 Å². The number of hydrogen-bond donors (Lipinski definition) is 2. The molecule has 0 saturated heterocycles. The molecule has 0 atom stereocenters. The second-order valence-corrected chi connectivity index (χ2v) is 7.45. The molecular weight excluding hydrogens is 354 g/mol. The average molecular weight is 384 g/mol. The summed E-state index contributed by atoms with van der Waals surface area (Å²) in [6, 6.07) is 18.5. The third-order valence-corrected chi connectivity index (χ3v) is 5.12. The molecule has 2 aromatic rings. The van der Waals surface area contributed by atoms with Gasteiger partial charge in [0.25, 0.3) is 0 Å². The van der Waals surface area contributed by atoms with Crippen molar-refractivity contribution in [1.82, 2.24) is 5.32 Å². The van der Waals surface area contributed by atoms with Crippen molar-refractivity contribution in [3.05, 3.63) is 54.6 Å². The average Bonchev–Trinajstić information content (AvgIpc) is 3.20. The SMILES string of the molecule is CN(CCCNC(=S)Nc1ccc(OC2CCCC2)cc1)c1ccccc1. The highest BCUT2D eigenvalue weighted by Crippen LogP contribution is 2.25. The van der Waals surface area contributed by atoms with Crippen LogP contribution in [0.4, 0.5) is 11.4 Å². The zero-order valence-corrected chi connectivity index (χ0v) is 16.8. The number of rotatable bonds is 8. The molecule has 27 heavy (non-hydrogen) atoms. The fourth-order valence-corrected chi connectivity index (χ4v) is 3.54. The number of ether oxygens (including phenoxy) is 1. The molecule has 2 aromatic carbocycles. The fourth-order valence-electron chi connectivity index (χ4n) is 3.32. The van der Waals surface area contributed by atoms with E-state index in [4.69, 9.17) is 17.0 Å². The molecule has 3 rings (SSSR count). The molecule has 0 spiro atoms. The summed E-state index contributed by atoms with van der Waals surface area (Å²) < 4.78 is 5.99. The first kappa shape index (κ1) is 19.5. The molecule has 1 aliphatic carbocycles. The van der Waals surface area contributed by atoms with Gasteiger partial charge in [0.15, 0.2) is 5.11 Å². The Morgan fingerprint density at radius 2 is 1.78 bits per heavy atom. The first-order chi connectivity index (χ1) is 13.2. The summed E-state index contributed by atoms with van der Waals surface area (Å²) in [5.41, 5.74) is 2.21. The molecule has 2 N–H and O–H groups in total. The third kappa shape index (κ3) is 6.43. The fraction of sp³-hybridized carbons (Fsp3) is 0.409. The van der Waals surface area contributed by atoms with Crippen LogP contribution in [-0.4, -0.2) is 31.4 Å². The Bertz CT molecular complexity index is 699. The van der Waals surface area contributed by atoms with Gasteiger partial charge in [-0.05, 0) is 80.7 Å². The van der Waals surface area contributed by atoms with E-state index in [0.29, 0.717) is 11.2 Å². The second-order valence-electron chi connectivity index (χ2n) is 7.04. The Morgan fingerprint density at radius 1 is 1.07 bits per heavy atom. The molecule has 0 radical (unpaired) electrons. The molecule has 0 amide bonds. The van der Waals surface area contributed by atoms with Gasteiger partial charge >= 0.3 is 0 Å². The Hall–Kier alpha value is -2.27. The minimum atomic E-state index is 0.389. The van der Waals surface area contributed by atoms with Gasteiger partial charge in [0, 0.05) is 31.5 Å². The molecule has 5 heteroatoms. The zero-order valence-electron chi connectivity index (χ0n) is 16.0. The maximum atomic E-state index is 5.99. The monoisotopic (exact) mass is 383 g/mol. The van der Waals surface area contributed by atoms with Crippen molar-refractivity contribution >= 4 is 28.7 Å². The highest BCUT2D eigenvalue weighted by atomic mass is 32.1. The van der Waals surface area contributed by atoms with Gasteiger partial charge in [-0.1, -0.05) is 18.2 Å². The molecule has 0 unspecified atom stereocenters. The highest BCUT2D eigenvalue weighted by molar-refractivity contribution is 7.80. The first-order valence-electron chi connectivity index (χ1n) is 9.78. The molecule has 0 heterocycles. The van der Waals surface area contributed by atoms with Gasteiger partial charge in [-0.15, -0.1) is 0 Å². The number of para-hydroxylation sites is 1. The summed E-state index contributed by atoms with van der Waals surface area (Å²) in [7, 11) is 2.11. The second kappa shape index (κ2) is 10.2. The summed E-state index contributed by atoms with van der Waals surface area (Å²) >= 11 is 5.39. The summed E-state index contributed by atoms with van der Waals surface area (Å²) in [6.07, 6.45) is 6.32. The first-order valence-corrected chi connectivity index (χ1v) is 10.2. The molecule has 144 valence electrons. The molecular formula is C22H29N3OS. The lowest BCUT2D eigenvalue weighted by atomic mass is 10.2. The molecule has 0 aromatic heterocycles. The van der Waals surface area contributed by atoms with E-state index in [-0.39, 0.29) is 0 Å². The van der Waals surface area contributed by atoms with Crippen molar-refractivity contribution < 1.29 is 4.74 Å². The summed E-state index contributed by atoms with van der Waals surface area (Å²) in [6.45, 7) is 1.82. The Labute approximate surface area is 167 Å². The van der Waals surface area contributed by atoms with Gasteiger partial charge in [0.05, 0.1) is 6.10 Å². The van der Waals surface area contributed by atoms with E-state index in [1.807, 2.05) is 30.3 Å². The smallest absolute Gasteiger partial charge is 0.170 e. The van der Waals surface area contributed by atoms with Gasteiger partial charge in [-0.25, -0.2) is 0 Å². The summed E-state index contributed by atoms with van der Waals surface area (Å²) in [5.74, 6) is 0.940. The van der Waals surface area contributed by atoms with E-state index in [2.05, 4.69) is 46.8 Å². The van der Waals surface area contributed by atoms with E-state index in [0.717, 1.165) is 30.9 Å². The molecule has 1 aliphatic rings. The van der Waals surface area contributed by atoms with Crippen LogP contribution < -0.4 is 20.3 Å². The molecule has 1 fully saturated rings. The number of nitrogens with zero attached hydrogens (tertiary/aromatic N) is 1. The molecule has 0 aliphatic heterocycles. The van der Waals surface area contributed by atoms with Crippen LogP contribution in [0.5, 0.6) is 5.75 Å². The Morgan fingerprint density at radius 3 is 2.48 bits per heavy atom. The number of hydrogen-bond acceptors (Lipinski definition) is 3. The number of benzene rings is 2. The van der Waals surface area contributed by atoms with Crippen molar-refractivity contribution in [2.24, 2.45) is 0 Å². The Balaban J connectivity index is 1.34. The van der Waals surface area contributed by atoms with E-state index < -0.39 is 0 Å². The predicted molar refractivity (Wildman–Crippen MR) is 118 cm³/mol. The standard InChI is InChI=1S/C22H29N3OS/c1-25(19-8-3-2-4-9-19)17-7-16-23-22(27)24-18-12-14-21(15-13-18)26-20-10-5-6-11-20/h2-4,8-9,12-15,20H,5-7,10-11,16-17H2,1H3,(H2,23,24,27). The van der Waals surface area contributed by atoms with E-state index in [1.54, 1.807) is 0 Å². The van der Waals surface area contributed by atoms with Crippen molar-refractivity contribution in [1.29, 1.82) is 0 Å². The van der Waals surface area contributed by atoms with Crippen molar-refractivity contribution in [3.63, 3.8) is 0 Å². The number of anilines is 2.